The van der Waals surface area contributed by atoms with Crippen LogP contribution in [0.2, 0.25) is 0 Å². The molecule has 0 spiro atoms. The van der Waals surface area contributed by atoms with Crippen molar-refractivity contribution < 1.29 is 24.9 Å². The molecule has 156 valence electrons. The van der Waals surface area contributed by atoms with Crippen molar-refractivity contribution in [3.8, 4) is 11.5 Å². The zero-order valence-electron chi connectivity index (χ0n) is 17.2. The Bertz CT molecular complexity index is 722. The first-order chi connectivity index (χ1) is 13.0. The van der Waals surface area contributed by atoms with E-state index in [0.29, 0.717) is 31.1 Å². The number of benzene rings is 1. The third kappa shape index (κ3) is 5.16. The minimum atomic E-state index is -0.943. The molecular weight excluding hydrogens is 360 g/mol. The van der Waals surface area contributed by atoms with Gasteiger partial charge in [0.2, 0.25) is 0 Å². The third-order valence-corrected chi connectivity index (χ3v) is 5.55. The van der Waals surface area contributed by atoms with E-state index in [1.165, 1.54) is 6.07 Å². The highest BCUT2D eigenvalue weighted by molar-refractivity contribution is 5.97. The number of amides is 1. The molecule has 0 aliphatic carbocycles. The number of carboxylic acid groups (broad SMARTS) is 1. The van der Waals surface area contributed by atoms with Crippen LogP contribution in [0.3, 0.4) is 0 Å². The third-order valence-electron chi connectivity index (χ3n) is 5.55. The van der Waals surface area contributed by atoms with Gasteiger partial charge in [-0.1, -0.05) is 13.8 Å². The molecule has 7 nitrogen and oxygen atoms in total. The summed E-state index contributed by atoms with van der Waals surface area (Å²) >= 11 is 0. The van der Waals surface area contributed by atoms with Gasteiger partial charge in [-0.2, -0.15) is 0 Å². The van der Waals surface area contributed by atoms with Gasteiger partial charge in [0, 0.05) is 19.2 Å². The van der Waals surface area contributed by atoms with E-state index in [2.05, 4.69) is 5.32 Å². The number of phenolic OH excluding ortho intramolecular Hbond substituents is 2. The number of piperidine rings is 1. The van der Waals surface area contributed by atoms with Gasteiger partial charge in [0.25, 0.3) is 5.91 Å². The predicted molar refractivity (Wildman–Crippen MR) is 107 cm³/mol. The molecule has 0 unspecified atom stereocenters. The lowest BCUT2D eigenvalue weighted by Crippen LogP contribution is -2.47. The van der Waals surface area contributed by atoms with Crippen LogP contribution in [0.4, 0.5) is 0 Å². The normalized spacial score (nSPS) is 15.8. The summed E-state index contributed by atoms with van der Waals surface area (Å²) in [5.74, 6) is -0.819. The predicted octanol–water partition coefficient (Wildman–Crippen LogP) is 2.92. The molecule has 28 heavy (non-hydrogen) atoms. The summed E-state index contributed by atoms with van der Waals surface area (Å²) in [5, 5.41) is 32.3. The van der Waals surface area contributed by atoms with Gasteiger partial charge in [-0.15, -0.1) is 0 Å². The number of hydrogen-bond acceptors (Lipinski definition) is 5. The molecule has 1 aliphatic rings. The number of aliphatic carboxylic acids is 1. The molecule has 1 aliphatic heterocycles. The molecule has 0 radical (unpaired) electrons. The summed E-state index contributed by atoms with van der Waals surface area (Å²) in [6.07, 6.45) is 2.55. The largest absolute Gasteiger partial charge is 0.508 e. The van der Waals surface area contributed by atoms with Gasteiger partial charge in [-0.3, -0.25) is 9.59 Å². The number of aromatic hydroxyl groups is 2. The lowest BCUT2D eigenvalue weighted by atomic mass is 9.92. The van der Waals surface area contributed by atoms with E-state index in [-0.39, 0.29) is 28.9 Å². The maximum absolute atomic E-state index is 12.8. The van der Waals surface area contributed by atoms with Crippen LogP contribution in [0.5, 0.6) is 11.5 Å². The minimum absolute atomic E-state index is 0.000423. The molecule has 1 amide bonds. The highest BCUT2D eigenvalue weighted by Crippen LogP contribution is 2.33. The molecule has 2 rings (SSSR count). The average Bonchev–Trinajstić information content (AvgIpc) is 2.61. The minimum Gasteiger partial charge on any atom is -0.508 e. The van der Waals surface area contributed by atoms with Crippen LogP contribution in [0, 0.1) is 5.92 Å². The molecule has 7 heteroatoms. The number of nitrogens with zero attached hydrogens (tertiary/aromatic N) is 1. The second kappa shape index (κ2) is 8.82. The van der Waals surface area contributed by atoms with Crippen LogP contribution in [-0.4, -0.2) is 57.3 Å². The summed E-state index contributed by atoms with van der Waals surface area (Å²) < 4.78 is 0. The first-order valence-electron chi connectivity index (χ1n) is 9.86. The molecule has 0 bridgehead atoms. The van der Waals surface area contributed by atoms with Gasteiger partial charge in [-0.05, 0) is 63.1 Å². The molecular formula is C21H32N2O5. The van der Waals surface area contributed by atoms with Crippen molar-refractivity contribution in [2.24, 2.45) is 5.92 Å². The smallest absolute Gasteiger partial charge is 0.323 e. The van der Waals surface area contributed by atoms with Crippen molar-refractivity contribution >= 4 is 11.9 Å². The Morgan fingerprint density at radius 2 is 1.79 bits per heavy atom. The summed E-state index contributed by atoms with van der Waals surface area (Å²) in [6.45, 7) is 8.95. The average molecular weight is 392 g/mol. The molecule has 1 aromatic rings. The van der Waals surface area contributed by atoms with E-state index in [1.807, 2.05) is 13.8 Å². The fraction of sp³-hybridized carbons (Fsp3) is 0.619. The molecule has 1 saturated heterocycles. The van der Waals surface area contributed by atoms with Crippen LogP contribution in [0.25, 0.3) is 0 Å². The summed E-state index contributed by atoms with van der Waals surface area (Å²) in [7, 11) is 0. The fourth-order valence-corrected chi connectivity index (χ4v) is 3.49. The lowest BCUT2D eigenvalue weighted by molar-refractivity contribution is -0.143. The topological polar surface area (TPSA) is 110 Å². The number of hydrogen-bond donors (Lipinski definition) is 4. The Morgan fingerprint density at radius 3 is 2.32 bits per heavy atom. The number of nitrogens with one attached hydrogen (secondary N) is 1. The van der Waals surface area contributed by atoms with Crippen molar-refractivity contribution in [1.82, 2.24) is 10.2 Å². The van der Waals surface area contributed by atoms with Gasteiger partial charge in [-0.25, -0.2) is 0 Å². The lowest BCUT2D eigenvalue weighted by Gasteiger charge is -2.33. The van der Waals surface area contributed by atoms with Crippen LogP contribution >= 0.6 is 0 Å². The highest BCUT2D eigenvalue weighted by atomic mass is 16.4. The number of rotatable bonds is 7. The molecule has 4 N–H and O–H groups in total. The van der Waals surface area contributed by atoms with Crippen molar-refractivity contribution in [3.05, 3.63) is 23.3 Å². The number of carbonyl (C=O) groups excluding carboxylic acids is 1. The molecule has 0 saturated carbocycles. The number of phenols is 2. The first kappa shape index (κ1) is 22.0. The van der Waals surface area contributed by atoms with Gasteiger partial charge >= 0.3 is 5.97 Å². The number of carboxylic acids is 1. The first-order valence-corrected chi connectivity index (χ1v) is 9.86. The summed E-state index contributed by atoms with van der Waals surface area (Å²) in [6, 6.07) is 2.83. The van der Waals surface area contributed by atoms with E-state index >= 15 is 0 Å². The highest BCUT2D eigenvalue weighted by Gasteiger charge is 2.28. The monoisotopic (exact) mass is 392 g/mol. The van der Waals surface area contributed by atoms with Crippen molar-refractivity contribution in [2.45, 2.75) is 58.4 Å². The van der Waals surface area contributed by atoms with Crippen LogP contribution in [0.15, 0.2) is 12.1 Å². The van der Waals surface area contributed by atoms with Gasteiger partial charge < -0.3 is 25.5 Å². The zero-order chi connectivity index (χ0) is 21.1. The van der Waals surface area contributed by atoms with Crippen LogP contribution < -0.4 is 5.32 Å². The van der Waals surface area contributed by atoms with Crippen molar-refractivity contribution in [3.63, 3.8) is 0 Å². The van der Waals surface area contributed by atoms with Crippen molar-refractivity contribution in [2.75, 3.05) is 19.6 Å². The quantitative estimate of drug-likeness (QED) is 0.568. The van der Waals surface area contributed by atoms with Crippen LogP contribution in [0.1, 0.15) is 68.8 Å². The van der Waals surface area contributed by atoms with E-state index in [1.54, 1.807) is 24.8 Å². The number of likely N-dealkylation sites (tertiary alicyclic amines) is 1. The maximum Gasteiger partial charge on any atom is 0.323 e. The number of carbonyl (C=O) groups is 2. The Morgan fingerprint density at radius 1 is 1.18 bits per heavy atom. The standard InChI is InChI=1S/C21H32N2O5/c1-13(2)15-11-16(18(25)12-17(15)24)19(26)23-9-6-14(7-10-23)5-8-22-21(3,4)20(27)28/h11-14,22,24-25H,5-10H2,1-4H3,(H,27,28). The second-order valence-corrected chi connectivity index (χ2v) is 8.46. The summed E-state index contributed by atoms with van der Waals surface area (Å²) in [4.78, 5) is 25.7. The van der Waals surface area contributed by atoms with E-state index in [4.69, 9.17) is 5.11 Å². The fourth-order valence-electron chi connectivity index (χ4n) is 3.49. The van der Waals surface area contributed by atoms with Gasteiger partial charge in [0.1, 0.15) is 17.0 Å². The Balaban J connectivity index is 1.92. The Hall–Kier alpha value is -2.28. The molecule has 0 aromatic heterocycles. The van der Waals surface area contributed by atoms with Gasteiger partial charge in [0.15, 0.2) is 0 Å². The van der Waals surface area contributed by atoms with Crippen LogP contribution in [-0.2, 0) is 4.79 Å². The Kier molecular flexibility index (Phi) is 6.93. The van der Waals surface area contributed by atoms with Gasteiger partial charge in [0.05, 0.1) is 5.56 Å². The Labute approximate surface area is 166 Å². The SMILES string of the molecule is CC(C)c1cc(C(=O)N2CCC(CCNC(C)(C)C(=O)O)CC2)c(O)cc1O. The van der Waals surface area contributed by atoms with Crippen molar-refractivity contribution in [1.29, 1.82) is 0 Å². The summed E-state index contributed by atoms with van der Waals surface area (Å²) in [5.41, 5.74) is -0.0748. The molecule has 0 atom stereocenters. The van der Waals surface area contributed by atoms with E-state index in [0.717, 1.165) is 19.3 Å². The zero-order valence-corrected chi connectivity index (χ0v) is 17.2. The second-order valence-electron chi connectivity index (χ2n) is 8.46. The van der Waals surface area contributed by atoms with E-state index < -0.39 is 11.5 Å². The maximum atomic E-state index is 12.8. The van der Waals surface area contributed by atoms with E-state index in [9.17, 15) is 19.8 Å². The molecule has 1 aromatic carbocycles. The molecule has 1 heterocycles. The molecule has 1 fully saturated rings.